The van der Waals surface area contributed by atoms with Gasteiger partial charge in [0.15, 0.2) is 20.4 Å². The maximum atomic E-state index is 11.9. The van der Waals surface area contributed by atoms with E-state index in [-0.39, 0.29) is 24.3 Å². The van der Waals surface area contributed by atoms with Gasteiger partial charge >= 0.3 is 12.1 Å². The summed E-state index contributed by atoms with van der Waals surface area (Å²) in [5.74, 6) is -0.553. The van der Waals surface area contributed by atoms with Crippen LogP contribution < -0.4 is 5.32 Å². The van der Waals surface area contributed by atoms with Crippen LogP contribution in [0.4, 0.5) is 4.79 Å². The van der Waals surface area contributed by atoms with Gasteiger partial charge in [-0.1, -0.05) is 32.4 Å². The molecule has 0 aliphatic carbocycles. The number of amides is 1. The standard InChI is InChI=1S/C13H26ClNO5Si/c1-7-18-11(16)10(15-12(17)19-9-14)8-20-21(5,6)13(2,3)4/h10H,7-9H2,1-6H3,(H,15,17)/t10-/m0/s1. The summed E-state index contributed by atoms with van der Waals surface area (Å²) in [4.78, 5) is 23.3. The fourth-order valence-electron chi connectivity index (χ4n) is 1.15. The molecule has 0 heterocycles. The highest BCUT2D eigenvalue weighted by Crippen LogP contribution is 2.36. The molecule has 1 atom stereocenters. The van der Waals surface area contributed by atoms with Crippen LogP contribution in [-0.2, 0) is 18.7 Å². The van der Waals surface area contributed by atoms with Crippen LogP contribution in [0.5, 0.6) is 0 Å². The number of carbonyl (C=O) groups is 2. The Hall–Kier alpha value is -0.793. The first-order valence-electron chi connectivity index (χ1n) is 6.85. The molecule has 0 aromatic heterocycles. The number of halogens is 1. The third-order valence-electron chi connectivity index (χ3n) is 3.47. The molecule has 0 unspecified atom stereocenters. The molecule has 0 saturated carbocycles. The molecule has 124 valence electrons. The number of nitrogens with one attached hydrogen (secondary N) is 1. The van der Waals surface area contributed by atoms with Gasteiger partial charge in [0.25, 0.3) is 0 Å². The van der Waals surface area contributed by atoms with Gasteiger partial charge in [0.1, 0.15) is 0 Å². The van der Waals surface area contributed by atoms with Crippen LogP contribution in [0.25, 0.3) is 0 Å². The molecule has 1 amide bonds. The van der Waals surface area contributed by atoms with Crippen molar-refractivity contribution in [1.29, 1.82) is 0 Å². The van der Waals surface area contributed by atoms with Crippen LogP contribution in [0.3, 0.4) is 0 Å². The van der Waals surface area contributed by atoms with Crippen molar-refractivity contribution in [3.8, 4) is 0 Å². The predicted molar refractivity (Wildman–Crippen MR) is 83.9 cm³/mol. The van der Waals surface area contributed by atoms with Gasteiger partial charge in [-0.3, -0.25) is 0 Å². The van der Waals surface area contributed by atoms with Crippen LogP contribution in [0, 0.1) is 0 Å². The molecular formula is C13H26ClNO5Si. The van der Waals surface area contributed by atoms with Crippen molar-refractivity contribution in [2.45, 2.75) is 51.9 Å². The molecule has 1 N–H and O–H groups in total. The van der Waals surface area contributed by atoms with Crippen molar-refractivity contribution in [2.24, 2.45) is 0 Å². The Morgan fingerprint density at radius 2 is 1.81 bits per heavy atom. The van der Waals surface area contributed by atoms with Gasteiger partial charge in [-0.15, -0.1) is 0 Å². The summed E-state index contributed by atoms with van der Waals surface area (Å²) >= 11 is 5.31. The molecule has 0 fully saturated rings. The lowest BCUT2D eigenvalue weighted by atomic mass is 10.2. The number of alkyl carbamates (subject to hydrolysis) is 1. The van der Waals surface area contributed by atoms with E-state index in [9.17, 15) is 9.59 Å². The summed E-state index contributed by atoms with van der Waals surface area (Å²) in [7, 11) is -2.03. The molecular weight excluding hydrogens is 314 g/mol. The first kappa shape index (κ1) is 20.2. The maximum Gasteiger partial charge on any atom is 0.409 e. The molecule has 0 spiro atoms. The van der Waals surface area contributed by atoms with Crippen molar-refractivity contribution < 1.29 is 23.5 Å². The quantitative estimate of drug-likeness (QED) is 0.438. The van der Waals surface area contributed by atoms with Crippen molar-refractivity contribution in [3.05, 3.63) is 0 Å². The summed E-state index contributed by atoms with van der Waals surface area (Å²) in [5, 5.41) is 2.41. The largest absolute Gasteiger partial charge is 0.464 e. The smallest absolute Gasteiger partial charge is 0.409 e. The summed E-state index contributed by atoms with van der Waals surface area (Å²) in [5.41, 5.74) is 0. The normalized spacial score (nSPS) is 13.5. The highest BCUT2D eigenvalue weighted by atomic mass is 35.5. The molecule has 0 aromatic carbocycles. The van der Waals surface area contributed by atoms with Gasteiger partial charge in [-0.05, 0) is 25.1 Å². The second-order valence-corrected chi connectivity index (χ2v) is 11.1. The molecule has 0 rings (SSSR count). The molecule has 0 saturated heterocycles. The molecule has 0 radical (unpaired) electrons. The van der Waals surface area contributed by atoms with Crippen LogP contribution >= 0.6 is 11.6 Å². The molecule has 8 heteroatoms. The zero-order valence-electron chi connectivity index (χ0n) is 13.6. The Morgan fingerprint density at radius 1 is 1.24 bits per heavy atom. The number of carbonyl (C=O) groups excluding carboxylic acids is 2. The number of esters is 1. The molecule has 0 bridgehead atoms. The second-order valence-electron chi connectivity index (χ2n) is 6.06. The van der Waals surface area contributed by atoms with E-state index in [0.717, 1.165) is 0 Å². The minimum atomic E-state index is -2.03. The average molecular weight is 340 g/mol. The van der Waals surface area contributed by atoms with Crippen LogP contribution in [0.2, 0.25) is 18.1 Å². The van der Waals surface area contributed by atoms with Gasteiger partial charge in [0.2, 0.25) is 0 Å². The van der Waals surface area contributed by atoms with E-state index in [0.29, 0.717) is 0 Å². The summed E-state index contributed by atoms with van der Waals surface area (Å²) in [6.07, 6.45) is -0.776. The Balaban J connectivity index is 4.75. The highest BCUT2D eigenvalue weighted by molar-refractivity contribution is 6.74. The van der Waals surface area contributed by atoms with Crippen LogP contribution in [0.15, 0.2) is 0 Å². The summed E-state index contributed by atoms with van der Waals surface area (Å²) in [6, 6.07) is -1.19. The monoisotopic (exact) mass is 339 g/mol. The van der Waals surface area contributed by atoms with Crippen molar-refractivity contribution in [3.63, 3.8) is 0 Å². The van der Waals surface area contributed by atoms with E-state index in [2.05, 4.69) is 43.9 Å². The zero-order valence-corrected chi connectivity index (χ0v) is 15.4. The number of ether oxygens (including phenoxy) is 2. The minimum absolute atomic E-state index is 0.00284. The zero-order chi connectivity index (χ0) is 16.7. The lowest BCUT2D eigenvalue weighted by Gasteiger charge is -2.37. The minimum Gasteiger partial charge on any atom is -0.464 e. The molecule has 6 nitrogen and oxygen atoms in total. The van der Waals surface area contributed by atoms with E-state index >= 15 is 0 Å². The van der Waals surface area contributed by atoms with E-state index in [1.165, 1.54) is 0 Å². The SMILES string of the molecule is CCOC(=O)[C@H](CO[Si](C)(C)C(C)(C)C)NC(=O)OCCl. The lowest BCUT2D eigenvalue weighted by Crippen LogP contribution is -2.49. The molecule has 21 heavy (non-hydrogen) atoms. The van der Waals surface area contributed by atoms with Crippen molar-refractivity contribution in [2.75, 3.05) is 19.3 Å². The summed E-state index contributed by atoms with van der Waals surface area (Å²) < 4.78 is 15.4. The summed E-state index contributed by atoms with van der Waals surface area (Å²) in [6.45, 7) is 12.4. The topological polar surface area (TPSA) is 73.9 Å². The number of rotatable bonds is 7. The first-order chi connectivity index (χ1) is 9.55. The fourth-order valence-corrected chi connectivity index (χ4v) is 2.27. The second kappa shape index (κ2) is 8.60. The van der Waals surface area contributed by atoms with Gasteiger partial charge in [0, 0.05) is 0 Å². The van der Waals surface area contributed by atoms with Gasteiger partial charge in [0.05, 0.1) is 13.2 Å². The van der Waals surface area contributed by atoms with Gasteiger partial charge in [-0.2, -0.15) is 0 Å². The van der Waals surface area contributed by atoms with Gasteiger partial charge < -0.3 is 19.2 Å². The maximum absolute atomic E-state index is 11.9. The third kappa shape index (κ3) is 7.15. The first-order valence-corrected chi connectivity index (χ1v) is 10.3. The lowest BCUT2D eigenvalue weighted by molar-refractivity contribution is -0.146. The Labute approximate surface area is 132 Å². The molecule has 0 aromatic rings. The van der Waals surface area contributed by atoms with Crippen LogP contribution in [-0.4, -0.2) is 45.7 Å². The molecule has 0 aliphatic heterocycles. The van der Waals surface area contributed by atoms with E-state index in [1.807, 2.05) is 0 Å². The van der Waals surface area contributed by atoms with Crippen molar-refractivity contribution in [1.82, 2.24) is 5.32 Å². The Morgan fingerprint density at radius 3 is 2.24 bits per heavy atom. The third-order valence-corrected chi connectivity index (χ3v) is 8.08. The fraction of sp³-hybridized carbons (Fsp3) is 0.846. The average Bonchev–Trinajstić information content (AvgIpc) is 2.33. The highest BCUT2D eigenvalue weighted by Gasteiger charge is 2.38. The predicted octanol–water partition coefficient (Wildman–Crippen LogP) is 2.86. The van der Waals surface area contributed by atoms with Gasteiger partial charge in [-0.25, -0.2) is 9.59 Å². The van der Waals surface area contributed by atoms with E-state index in [4.69, 9.17) is 20.8 Å². The Bertz CT molecular complexity index is 357. The van der Waals surface area contributed by atoms with Crippen molar-refractivity contribution >= 4 is 32.0 Å². The van der Waals surface area contributed by atoms with E-state index < -0.39 is 26.4 Å². The number of hydrogen-bond donors (Lipinski definition) is 1. The Kier molecular flexibility index (Phi) is 8.28. The molecule has 0 aliphatic rings. The number of alkyl halides is 1. The van der Waals surface area contributed by atoms with E-state index in [1.54, 1.807) is 6.92 Å². The number of hydrogen-bond acceptors (Lipinski definition) is 5. The van der Waals surface area contributed by atoms with Crippen LogP contribution in [0.1, 0.15) is 27.7 Å².